The third-order valence-electron chi connectivity index (χ3n) is 4.95. The lowest BCUT2D eigenvalue weighted by atomic mass is 10.1. The van der Waals surface area contributed by atoms with Crippen molar-refractivity contribution in [3.63, 3.8) is 0 Å². The lowest BCUT2D eigenvalue weighted by molar-refractivity contribution is -0.0505. The van der Waals surface area contributed by atoms with Gasteiger partial charge in [0.2, 0.25) is 0 Å². The van der Waals surface area contributed by atoms with Crippen LogP contribution < -0.4 is 9.47 Å². The van der Waals surface area contributed by atoms with Gasteiger partial charge in [-0.1, -0.05) is 17.8 Å². The summed E-state index contributed by atoms with van der Waals surface area (Å²) < 4.78 is 82.2. The molecule has 0 aliphatic heterocycles. The Balaban J connectivity index is 0.000000237. The minimum Gasteiger partial charge on any atom is -0.435 e. The summed E-state index contributed by atoms with van der Waals surface area (Å²) in [4.78, 5) is 0. The quantitative estimate of drug-likeness (QED) is 0.122. The smallest absolute Gasteiger partial charge is 0.387 e. The van der Waals surface area contributed by atoms with Crippen molar-refractivity contribution >= 4 is 22.6 Å². The highest BCUT2D eigenvalue weighted by Crippen LogP contribution is 2.16. The Morgan fingerprint density at radius 2 is 1.02 bits per heavy atom. The Morgan fingerprint density at radius 1 is 0.610 bits per heavy atom. The van der Waals surface area contributed by atoms with Crippen molar-refractivity contribution in [2.24, 2.45) is 0 Å². The van der Waals surface area contributed by atoms with E-state index in [4.69, 9.17) is 6.42 Å². The van der Waals surface area contributed by atoms with E-state index in [0.717, 1.165) is 3.57 Å². The largest absolute Gasteiger partial charge is 0.435 e. The highest BCUT2D eigenvalue weighted by Gasteiger charge is 2.04. The molecule has 0 saturated heterocycles. The minimum absolute atomic E-state index is 0.0863. The number of aryl methyl sites for hydroxylation is 2. The number of hydrogen-bond acceptors (Lipinski definition) is 2. The van der Waals surface area contributed by atoms with E-state index >= 15 is 0 Å². The van der Waals surface area contributed by atoms with Crippen LogP contribution in [-0.4, -0.2) is 13.2 Å². The van der Waals surface area contributed by atoms with Gasteiger partial charge in [0, 0.05) is 20.3 Å². The molecule has 4 rings (SSSR count). The molecule has 0 aliphatic rings. The van der Waals surface area contributed by atoms with E-state index < -0.39 is 13.2 Å². The Labute approximate surface area is 248 Å². The third kappa shape index (κ3) is 12.7. The molecule has 4 aromatic rings. The molecule has 9 heteroatoms. The van der Waals surface area contributed by atoms with Gasteiger partial charge < -0.3 is 9.47 Å². The van der Waals surface area contributed by atoms with Gasteiger partial charge in [-0.05, 0) is 132 Å². The molecule has 0 spiro atoms. The summed E-state index contributed by atoms with van der Waals surface area (Å²) in [5, 5.41) is 0. The summed E-state index contributed by atoms with van der Waals surface area (Å²) in [5.74, 6) is 7.92. The van der Waals surface area contributed by atoms with Crippen molar-refractivity contribution < 1.29 is 35.8 Å². The molecule has 0 unspecified atom stereocenters. The molecule has 0 amide bonds. The fourth-order valence-corrected chi connectivity index (χ4v) is 3.57. The van der Waals surface area contributed by atoms with E-state index in [1.165, 1.54) is 48.5 Å². The molecule has 0 bridgehead atoms. The summed E-state index contributed by atoms with van der Waals surface area (Å²) >= 11 is 2.16. The minimum atomic E-state index is -2.84. The van der Waals surface area contributed by atoms with Crippen LogP contribution in [0.25, 0.3) is 0 Å². The number of halogens is 7. The van der Waals surface area contributed by atoms with Crippen LogP contribution >= 0.6 is 22.6 Å². The topological polar surface area (TPSA) is 18.5 Å². The number of hydrogen-bond donors (Lipinski definition) is 0. The second-order valence-electron chi connectivity index (χ2n) is 8.06. The van der Waals surface area contributed by atoms with Crippen LogP contribution in [0.2, 0.25) is 0 Å². The Morgan fingerprint density at radius 3 is 1.44 bits per heavy atom. The number of alkyl halides is 4. The molecule has 4 aromatic carbocycles. The van der Waals surface area contributed by atoms with Gasteiger partial charge in [0.25, 0.3) is 0 Å². The maximum Gasteiger partial charge on any atom is 0.387 e. The van der Waals surface area contributed by atoms with Gasteiger partial charge in [-0.15, -0.1) is 6.42 Å². The summed E-state index contributed by atoms with van der Waals surface area (Å²) in [5.41, 5.74) is 3.22. The second-order valence-corrected chi connectivity index (χ2v) is 9.30. The van der Waals surface area contributed by atoms with E-state index in [2.05, 4.69) is 49.8 Å². The molecule has 0 atom stereocenters. The van der Waals surface area contributed by atoms with E-state index in [1.807, 2.05) is 6.07 Å². The van der Waals surface area contributed by atoms with E-state index in [0.29, 0.717) is 27.8 Å². The van der Waals surface area contributed by atoms with Gasteiger partial charge in [-0.3, -0.25) is 0 Å². The van der Waals surface area contributed by atoms with Gasteiger partial charge in [-0.2, -0.15) is 17.6 Å². The fraction of sp³-hybridized carbons (Fsp3) is 0.125. The van der Waals surface area contributed by atoms with Crippen molar-refractivity contribution in [1.82, 2.24) is 0 Å². The van der Waals surface area contributed by atoms with E-state index in [9.17, 15) is 26.3 Å². The molecule has 0 saturated carbocycles. The Hall–Kier alpha value is -4.09. The van der Waals surface area contributed by atoms with Gasteiger partial charge in [0.05, 0.1) is 0 Å². The third-order valence-corrected chi connectivity index (χ3v) is 5.63. The average Bonchev–Trinajstić information content (AvgIpc) is 2.93. The molecule has 212 valence electrons. The van der Waals surface area contributed by atoms with Gasteiger partial charge in [-0.25, -0.2) is 8.78 Å². The van der Waals surface area contributed by atoms with Crippen LogP contribution in [0.15, 0.2) is 84.9 Å². The van der Waals surface area contributed by atoms with Gasteiger partial charge >= 0.3 is 13.2 Å². The molecule has 0 radical (unpaired) electrons. The fourth-order valence-electron chi connectivity index (χ4n) is 2.93. The van der Waals surface area contributed by atoms with Crippen LogP contribution in [0.4, 0.5) is 26.3 Å². The predicted octanol–water partition coefficient (Wildman–Crippen LogP) is 9.14. The number of benzene rings is 4. The molecule has 0 fully saturated rings. The lowest BCUT2D eigenvalue weighted by Crippen LogP contribution is -2.01. The maximum absolute atomic E-state index is 13.1. The normalized spacial score (nSPS) is 9.80. The average molecular weight is 680 g/mol. The molecule has 2 nitrogen and oxygen atoms in total. The molecule has 0 heterocycles. The first-order valence-electron chi connectivity index (χ1n) is 11.7. The van der Waals surface area contributed by atoms with Crippen molar-refractivity contribution in [1.29, 1.82) is 0 Å². The second kappa shape index (κ2) is 16.9. The van der Waals surface area contributed by atoms with Crippen LogP contribution in [0, 0.1) is 53.2 Å². The molecule has 0 aliphatic carbocycles. The summed E-state index contributed by atoms with van der Waals surface area (Å²) in [6, 6.07) is 21.5. The van der Waals surface area contributed by atoms with Crippen LogP contribution in [0.5, 0.6) is 11.5 Å². The predicted molar refractivity (Wildman–Crippen MR) is 155 cm³/mol. The summed E-state index contributed by atoms with van der Waals surface area (Å²) in [6.45, 7) is -2.20. The van der Waals surface area contributed by atoms with Crippen molar-refractivity contribution in [2.45, 2.75) is 27.1 Å². The lowest BCUT2D eigenvalue weighted by Gasteiger charge is -2.03. The van der Waals surface area contributed by atoms with Crippen molar-refractivity contribution in [2.75, 3.05) is 0 Å². The van der Waals surface area contributed by atoms with Gasteiger partial charge in [0.15, 0.2) is 0 Å². The Bertz CT molecular complexity index is 1500. The molecular formula is C32H23F6IO2. The van der Waals surface area contributed by atoms with Crippen LogP contribution in [-0.2, 0) is 0 Å². The molecule has 0 N–H and O–H groups in total. The first kappa shape index (κ1) is 33.1. The highest BCUT2D eigenvalue weighted by atomic mass is 127. The summed E-state index contributed by atoms with van der Waals surface area (Å²) in [6.07, 6.45) is 5.06. The zero-order valence-corrected chi connectivity index (χ0v) is 23.9. The number of ether oxygens (including phenoxy) is 2. The zero-order chi connectivity index (χ0) is 30.4. The molecular weight excluding hydrogens is 657 g/mol. The Kier molecular flexibility index (Phi) is 13.6. The first-order chi connectivity index (χ1) is 19.5. The first-order valence-corrected chi connectivity index (χ1v) is 12.8. The molecule has 41 heavy (non-hydrogen) atoms. The molecule has 0 aromatic heterocycles. The SMILES string of the molecule is C#Cc1ccc(OC(F)F)cc1.Cc1cc(C#Cc2ccc(OC(F)F)cc2)ccc1F.Cc1cc(I)ccc1F. The number of terminal acetylenes is 1. The van der Waals surface area contributed by atoms with Crippen molar-refractivity contribution in [3.05, 3.63) is 128 Å². The van der Waals surface area contributed by atoms with Crippen molar-refractivity contribution in [3.8, 4) is 35.7 Å². The zero-order valence-electron chi connectivity index (χ0n) is 21.8. The highest BCUT2D eigenvalue weighted by molar-refractivity contribution is 14.1. The van der Waals surface area contributed by atoms with E-state index in [1.54, 1.807) is 44.2 Å². The van der Waals surface area contributed by atoms with Crippen LogP contribution in [0.3, 0.4) is 0 Å². The monoisotopic (exact) mass is 680 g/mol. The summed E-state index contributed by atoms with van der Waals surface area (Å²) in [7, 11) is 0. The van der Waals surface area contributed by atoms with Crippen LogP contribution in [0.1, 0.15) is 27.8 Å². The van der Waals surface area contributed by atoms with Gasteiger partial charge in [0.1, 0.15) is 23.1 Å². The number of rotatable bonds is 4. The maximum atomic E-state index is 13.1. The van der Waals surface area contributed by atoms with E-state index in [-0.39, 0.29) is 23.1 Å². The standard InChI is InChI=1S/C16H11F3O.C9H6F2O.C7H6FI/c1-11-10-13(6-9-15(11)17)3-2-12-4-7-14(8-5-12)20-16(18)19;1-2-7-3-5-8(6-4-7)12-9(10)11;1-5-4-6(9)2-3-7(5)8/h4-10,16H,1H3;1,3-6,9H;2-4H,1H3.